The van der Waals surface area contributed by atoms with Crippen LogP contribution < -0.4 is 10.6 Å². The van der Waals surface area contributed by atoms with Crippen LogP contribution in [0.3, 0.4) is 0 Å². The maximum Gasteiger partial charge on any atom is 0.222 e. The van der Waals surface area contributed by atoms with Crippen molar-refractivity contribution in [2.75, 3.05) is 0 Å². The Morgan fingerprint density at radius 3 is 2.85 bits per heavy atom. The number of rotatable bonds is 6. The molecule has 2 amide bonds. The van der Waals surface area contributed by atoms with Crippen LogP contribution in [-0.2, 0) is 16.1 Å². The first-order valence-electron chi connectivity index (χ1n) is 6.23. The van der Waals surface area contributed by atoms with E-state index in [-0.39, 0.29) is 24.3 Å². The molecule has 20 heavy (non-hydrogen) atoms. The zero-order valence-corrected chi connectivity index (χ0v) is 11.9. The summed E-state index contributed by atoms with van der Waals surface area (Å²) in [4.78, 5) is 24.1. The maximum absolute atomic E-state index is 11.9. The number of amides is 2. The lowest BCUT2D eigenvalue weighted by molar-refractivity contribution is -0.122. The van der Waals surface area contributed by atoms with Crippen molar-refractivity contribution < 1.29 is 14.0 Å². The highest BCUT2D eigenvalue weighted by atomic mass is 32.1. The summed E-state index contributed by atoms with van der Waals surface area (Å²) in [6.07, 6.45) is 3.37. The molecule has 2 aromatic rings. The third-order valence-electron chi connectivity index (χ3n) is 2.72. The summed E-state index contributed by atoms with van der Waals surface area (Å²) in [6.45, 7) is 1.87. The molecule has 0 aliphatic rings. The summed E-state index contributed by atoms with van der Waals surface area (Å²) in [5.41, 5.74) is 0.908. The van der Waals surface area contributed by atoms with Gasteiger partial charge in [0.2, 0.25) is 11.8 Å². The molecule has 106 valence electrons. The van der Waals surface area contributed by atoms with Gasteiger partial charge in [0, 0.05) is 23.9 Å². The Labute approximate surface area is 121 Å². The highest BCUT2D eigenvalue weighted by Crippen LogP contribution is 2.21. The van der Waals surface area contributed by atoms with Gasteiger partial charge in [-0.25, -0.2) is 0 Å². The van der Waals surface area contributed by atoms with Gasteiger partial charge in [0.15, 0.2) is 0 Å². The third kappa shape index (κ3) is 4.24. The summed E-state index contributed by atoms with van der Waals surface area (Å²) in [7, 11) is 0. The standard InChI is InChI=1S/C14H16N2O3S/c1-10(17)16-12(13-3-2-6-20-13)7-14(18)15-8-11-4-5-19-9-11/h2-6,9,12H,7-8H2,1H3,(H,15,18)(H,16,17)/t12-/m1/s1. The summed E-state index contributed by atoms with van der Waals surface area (Å²) >= 11 is 1.52. The second kappa shape index (κ2) is 6.91. The lowest BCUT2D eigenvalue weighted by atomic mass is 10.1. The van der Waals surface area contributed by atoms with E-state index < -0.39 is 0 Å². The van der Waals surface area contributed by atoms with Gasteiger partial charge >= 0.3 is 0 Å². The molecule has 0 bridgehead atoms. The SMILES string of the molecule is CC(=O)N[C@H](CC(=O)NCc1ccoc1)c1cccs1. The first-order chi connectivity index (χ1) is 9.65. The minimum atomic E-state index is -0.281. The van der Waals surface area contributed by atoms with Gasteiger partial charge in [-0.1, -0.05) is 6.07 Å². The van der Waals surface area contributed by atoms with Gasteiger partial charge in [-0.15, -0.1) is 11.3 Å². The molecule has 5 nitrogen and oxygen atoms in total. The van der Waals surface area contributed by atoms with E-state index in [2.05, 4.69) is 10.6 Å². The molecule has 2 aromatic heterocycles. The molecular formula is C14H16N2O3S. The van der Waals surface area contributed by atoms with Crippen LogP contribution in [0.1, 0.15) is 29.8 Å². The minimum absolute atomic E-state index is 0.113. The first-order valence-corrected chi connectivity index (χ1v) is 7.11. The lowest BCUT2D eigenvalue weighted by Gasteiger charge is -2.16. The van der Waals surface area contributed by atoms with Crippen molar-refractivity contribution in [1.82, 2.24) is 10.6 Å². The number of carbonyl (C=O) groups excluding carboxylic acids is 2. The molecule has 0 saturated heterocycles. The van der Waals surface area contributed by atoms with Crippen molar-refractivity contribution in [2.45, 2.75) is 25.9 Å². The fraction of sp³-hybridized carbons (Fsp3) is 0.286. The highest BCUT2D eigenvalue weighted by Gasteiger charge is 2.17. The molecule has 1 atom stereocenters. The Balaban J connectivity index is 1.90. The number of carbonyl (C=O) groups is 2. The predicted octanol–water partition coefficient (Wildman–Crippen LogP) is 2.22. The van der Waals surface area contributed by atoms with Crippen LogP contribution in [0.5, 0.6) is 0 Å². The molecule has 0 aliphatic heterocycles. The number of hydrogen-bond donors (Lipinski definition) is 2. The molecule has 0 radical (unpaired) electrons. The van der Waals surface area contributed by atoms with Crippen LogP contribution in [0, 0.1) is 0 Å². The van der Waals surface area contributed by atoms with E-state index in [0.29, 0.717) is 6.54 Å². The Hall–Kier alpha value is -2.08. The number of hydrogen-bond acceptors (Lipinski definition) is 4. The summed E-state index contributed by atoms with van der Waals surface area (Å²) < 4.78 is 4.93. The van der Waals surface area contributed by atoms with Crippen LogP contribution in [0.15, 0.2) is 40.5 Å². The Bertz CT molecular complexity index is 549. The van der Waals surface area contributed by atoms with Crippen LogP contribution in [0.4, 0.5) is 0 Å². The summed E-state index contributed by atoms with van der Waals surface area (Å²) in [5.74, 6) is -0.260. The second-order valence-electron chi connectivity index (χ2n) is 4.38. The largest absolute Gasteiger partial charge is 0.472 e. The molecule has 0 aliphatic carbocycles. The van der Waals surface area contributed by atoms with Gasteiger partial charge < -0.3 is 15.1 Å². The van der Waals surface area contributed by atoms with Crippen LogP contribution in [0.25, 0.3) is 0 Å². The quantitative estimate of drug-likeness (QED) is 0.857. The Kier molecular flexibility index (Phi) is 4.95. The number of nitrogens with one attached hydrogen (secondary N) is 2. The van der Waals surface area contributed by atoms with E-state index in [1.54, 1.807) is 18.6 Å². The van der Waals surface area contributed by atoms with Crippen LogP contribution >= 0.6 is 11.3 Å². The van der Waals surface area contributed by atoms with Crippen molar-refractivity contribution in [1.29, 1.82) is 0 Å². The van der Waals surface area contributed by atoms with E-state index in [1.165, 1.54) is 18.3 Å². The number of thiophene rings is 1. The topological polar surface area (TPSA) is 71.3 Å². The molecule has 0 aromatic carbocycles. The van der Waals surface area contributed by atoms with E-state index in [9.17, 15) is 9.59 Å². The summed E-state index contributed by atoms with van der Waals surface area (Å²) in [6, 6.07) is 5.33. The lowest BCUT2D eigenvalue weighted by Crippen LogP contribution is -2.31. The Morgan fingerprint density at radius 2 is 2.25 bits per heavy atom. The molecule has 0 fully saturated rings. The molecule has 6 heteroatoms. The molecule has 2 rings (SSSR count). The zero-order valence-electron chi connectivity index (χ0n) is 11.1. The molecule has 2 heterocycles. The van der Waals surface area contributed by atoms with Crippen molar-refractivity contribution in [3.63, 3.8) is 0 Å². The van der Waals surface area contributed by atoms with Gasteiger partial charge in [-0.05, 0) is 17.5 Å². The van der Waals surface area contributed by atoms with Crippen LogP contribution in [0.2, 0.25) is 0 Å². The highest BCUT2D eigenvalue weighted by molar-refractivity contribution is 7.10. The average Bonchev–Trinajstić information content (AvgIpc) is 3.08. The third-order valence-corrected chi connectivity index (χ3v) is 3.71. The number of furan rings is 1. The maximum atomic E-state index is 11.9. The van der Waals surface area contributed by atoms with Gasteiger partial charge in [0.25, 0.3) is 0 Å². The van der Waals surface area contributed by atoms with E-state index >= 15 is 0 Å². The van der Waals surface area contributed by atoms with E-state index in [4.69, 9.17) is 4.42 Å². The first kappa shape index (κ1) is 14.3. The van der Waals surface area contributed by atoms with Gasteiger partial charge in [0.05, 0.1) is 25.0 Å². The fourth-order valence-electron chi connectivity index (χ4n) is 1.81. The second-order valence-corrected chi connectivity index (χ2v) is 5.36. The van der Waals surface area contributed by atoms with Gasteiger partial charge in [-0.2, -0.15) is 0 Å². The summed E-state index contributed by atoms with van der Waals surface area (Å²) in [5, 5.41) is 7.53. The smallest absolute Gasteiger partial charge is 0.222 e. The van der Waals surface area contributed by atoms with Crippen LogP contribution in [-0.4, -0.2) is 11.8 Å². The van der Waals surface area contributed by atoms with E-state index in [0.717, 1.165) is 10.4 Å². The normalized spacial score (nSPS) is 11.8. The van der Waals surface area contributed by atoms with E-state index in [1.807, 2.05) is 17.5 Å². The average molecular weight is 292 g/mol. The molecule has 2 N–H and O–H groups in total. The molecule has 0 spiro atoms. The van der Waals surface area contributed by atoms with Gasteiger partial charge in [-0.3, -0.25) is 9.59 Å². The molecular weight excluding hydrogens is 276 g/mol. The van der Waals surface area contributed by atoms with Crippen molar-refractivity contribution in [2.24, 2.45) is 0 Å². The molecule has 0 saturated carbocycles. The fourth-order valence-corrected chi connectivity index (χ4v) is 2.59. The van der Waals surface area contributed by atoms with Crippen molar-refractivity contribution in [3.05, 3.63) is 46.5 Å². The monoisotopic (exact) mass is 292 g/mol. The Morgan fingerprint density at radius 1 is 1.40 bits per heavy atom. The predicted molar refractivity (Wildman–Crippen MR) is 76.0 cm³/mol. The van der Waals surface area contributed by atoms with Crippen molar-refractivity contribution >= 4 is 23.2 Å². The minimum Gasteiger partial charge on any atom is -0.472 e. The van der Waals surface area contributed by atoms with Crippen molar-refractivity contribution in [3.8, 4) is 0 Å². The van der Waals surface area contributed by atoms with Gasteiger partial charge in [0.1, 0.15) is 0 Å². The zero-order chi connectivity index (χ0) is 14.4. The molecule has 0 unspecified atom stereocenters.